The molecule has 1 aromatic carbocycles. The number of halogens is 2. The van der Waals surface area contributed by atoms with Crippen molar-refractivity contribution in [1.82, 2.24) is 14.1 Å². The van der Waals surface area contributed by atoms with Gasteiger partial charge in [0.1, 0.15) is 5.01 Å². The molecule has 0 unspecified atom stereocenters. The molecule has 2 heterocycles. The third-order valence-corrected chi connectivity index (χ3v) is 5.47. The summed E-state index contributed by atoms with van der Waals surface area (Å²) in [5.74, 6) is -2.79. The Labute approximate surface area is 156 Å². The van der Waals surface area contributed by atoms with Gasteiger partial charge in [-0.25, -0.2) is 18.6 Å². The standard InChI is InChI=1S/C18H15F2N3O3S/c19-13-4-3-12(15(20)16(13)25)17-21-7-11(27-17)9-22-6-5-14(24)23(18(22)26)8-10-1-2-10/h3-7,10,25H,1-2,8-9H2. The molecule has 3 aromatic rings. The SMILES string of the molecule is O=c1ccn(Cc2cnc(-c3ccc(F)c(O)c3F)s2)c(=O)n1CC1CC1. The number of hydrogen-bond acceptors (Lipinski definition) is 5. The number of hydrogen-bond donors (Lipinski definition) is 1. The van der Waals surface area contributed by atoms with Crippen LogP contribution in [0.25, 0.3) is 10.6 Å². The second-order valence-electron chi connectivity index (χ2n) is 6.51. The van der Waals surface area contributed by atoms with E-state index in [0.717, 1.165) is 30.2 Å². The molecule has 1 aliphatic carbocycles. The van der Waals surface area contributed by atoms with E-state index in [0.29, 0.717) is 17.3 Å². The predicted molar refractivity (Wildman–Crippen MR) is 95.9 cm³/mol. The molecule has 0 saturated heterocycles. The van der Waals surface area contributed by atoms with Crippen LogP contribution in [0.15, 0.2) is 40.2 Å². The average molecular weight is 391 g/mol. The molecule has 1 aliphatic rings. The number of phenolic OH excluding ortho intramolecular Hbond substituents is 1. The first kappa shape index (κ1) is 17.6. The van der Waals surface area contributed by atoms with Crippen LogP contribution in [0.2, 0.25) is 0 Å². The Morgan fingerprint density at radius 2 is 2.00 bits per heavy atom. The number of phenols is 1. The van der Waals surface area contributed by atoms with Crippen LogP contribution in [-0.2, 0) is 13.1 Å². The molecule has 0 atom stereocenters. The Bertz CT molecular complexity index is 1130. The Morgan fingerprint density at radius 1 is 1.22 bits per heavy atom. The van der Waals surface area contributed by atoms with Crippen LogP contribution in [0.4, 0.5) is 8.78 Å². The summed E-state index contributed by atoms with van der Waals surface area (Å²) >= 11 is 1.12. The summed E-state index contributed by atoms with van der Waals surface area (Å²) in [5.41, 5.74) is -0.733. The fourth-order valence-electron chi connectivity index (χ4n) is 2.78. The lowest BCUT2D eigenvalue weighted by Gasteiger charge is -2.08. The highest BCUT2D eigenvalue weighted by molar-refractivity contribution is 7.15. The minimum atomic E-state index is -1.08. The van der Waals surface area contributed by atoms with E-state index >= 15 is 0 Å². The number of aromatic nitrogens is 3. The van der Waals surface area contributed by atoms with Crippen LogP contribution in [0.1, 0.15) is 17.7 Å². The third kappa shape index (κ3) is 3.42. The van der Waals surface area contributed by atoms with Gasteiger partial charge in [0, 0.05) is 29.9 Å². The monoisotopic (exact) mass is 391 g/mol. The van der Waals surface area contributed by atoms with Crippen molar-refractivity contribution in [2.24, 2.45) is 5.92 Å². The maximum Gasteiger partial charge on any atom is 0.331 e. The molecule has 4 rings (SSSR count). The molecule has 1 N–H and O–H groups in total. The minimum Gasteiger partial charge on any atom is -0.503 e. The minimum absolute atomic E-state index is 0.0174. The van der Waals surface area contributed by atoms with E-state index in [4.69, 9.17) is 0 Å². The molecular formula is C18H15F2N3O3S. The van der Waals surface area contributed by atoms with Crippen LogP contribution in [0.3, 0.4) is 0 Å². The second-order valence-corrected chi connectivity index (χ2v) is 7.62. The maximum atomic E-state index is 14.1. The molecule has 2 aromatic heterocycles. The number of thiazole rings is 1. The summed E-state index contributed by atoms with van der Waals surface area (Å²) in [5, 5.41) is 9.67. The molecule has 0 radical (unpaired) electrons. The highest BCUT2D eigenvalue weighted by Crippen LogP contribution is 2.33. The van der Waals surface area contributed by atoms with Gasteiger partial charge in [-0.3, -0.25) is 13.9 Å². The van der Waals surface area contributed by atoms with Gasteiger partial charge >= 0.3 is 5.69 Å². The molecule has 0 spiro atoms. The first-order valence-corrected chi connectivity index (χ1v) is 9.18. The van der Waals surface area contributed by atoms with Gasteiger partial charge in [-0.2, -0.15) is 0 Å². The first-order valence-electron chi connectivity index (χ1n) is 8.36. The van der Waals surface area contributed by atoms with Crippen LogP contribution < -0.4 is 11.2 Å². The molecule has 0 bridgehead atoms. The number of aromatic hydroxyl groups is 1. The average Bonchev–Trinajstić information content (AvgIpc) is 3.36. The van der Waals surface area contributed by atoms with Crippen LogP contribution >= 0.6 is 11.3 Å². The summed E-state index contributed by atoms with van der Waals surface area (Å²) in [6.45, 7) is 0.600. The Hall–Kier alpha value is -2.81. The van der Waals surface area contributed by atoms with Crippen molar-refractivity contribution in [1.29, 1.82) is 0 Å². The van der Waals surface area contributed by atoms with Gasteiger partial charge in [0.25, 0.3) is 5.56 Å². The van der Waals surface area contributed by atoms with Gasteiger partial charge < -0.3 is 5.11 Å². The van der Waals surface area contributed by atoms with E-state index in [1.807, 2.05) is 0 Å². The van der Waals surface area contributed by atoms with Crippen LogP contribution in [0, 0.1) is 17.6 Å². The van der Waals surface area contributed by atoms with Crippen molar-refractivity contribution >= 4 is 11.3 Å². The Morgan fingerprint density at radius 3 is 2.74 bits per heavy atom. The van der Waals surface area contributed by atoms with E-state index in [-0.39, 0.29) is 22.7 Å². The van der Waals surface area contributed by atoms with E-state index in [9.17, 15) is 23.5 Å². The topological polar surface area (TPSA) is 77.1 Å². The predicted octanol–water partition coefficient (Wildman–Crippen LogP) is 2.58. The van der Waals surface area contributed by atoms with E-state index in [1.54, 1.807) is 0 Å². The van der Waals surface area contributed by atoms with Gasteiger partial charge in [-0.05, 0) is 30.9 Å². The van der Waals surface area contributed by atoms with Crippen molar-refractivity contribution in [3.63, 3.8) is 0 Å². The molecule has 6 nitrogen and oxygen atoms in total. The quantitative estimate of drug-likeness (QED) is 0.725. The zero-order valence-electron chi connectivity index (χ0n) is 14.1. The number of nitrogens with zero attached hydrogens (tertiary/aromatic N) is 3. The molecule has 1 fully saturated rings. The van der Waals surface area contributed by atoms with Crippen molar-refractivity contribution in [2.45, 2.75) is 25.9 Å². The van der Waals surface area contributed by atoms with Gasteiger partial charge in [0.15, 0.2) is 17.4 Å². The normalized spacial score (nSPS) is 13.9. The lowest BCUT2D eigenvalue weighted by Crippen LogP contribution is -2.39. The molecule has 27 heavy (non-hydrogen) atoms. The molecule has 1 saturated carbocycles. The van der Waals surface area contributed by atoms with Crippen LogP contribution in [0.5, 0.6) is 5.75 Å². The summed E-state index contributed by atoms with van der Waals surface area (Å²) in [4.78, 5) is 29.2. The second kappa shape index (κ2) is 6.73. The number of rotatable bonds is 5. The molecule has 0 amide bonds. The lowest BCUT2D eigenvalue weighted by atomic mass is 10.2. The van der Waals surface area contributed by atoms with Gasteiger partial charge in [0.05, 0.1) is 12.1 Å². The highest BCUT2D eigenvalue weighted by atomic mass is 32.1. The van der Waals surface area contributed by atoms with E-state index in [2.05, 4.69) is 4.98 Å². The summed E-state index contributed by atoms with van der Waals surface area (Å²) < 4.78 is 29.9. The fourth-order valence-corrected chi connectivity index (χ4v) is 3.71. The summed E-state index contributed by atoms with van der Waals surface area (Å²) in [6.07, 6.45) is 4.96. The van der Waals surface area contributed by atoms with Gasteiger partial charge in [-0.1, -0.05) is 0 Å². The van der Waals surface area contributed by atoms with Gasteiger partial charge in [-0.15, -0.1) is 11.3 Å². The van der Waals surface area contributed by atoms with Crippen molar-refractivity contribution < 1.29 is 13.9 Å². The smallest absolute Gasteiger partial charge is 0.331 e. The zero-order chi connectivity index (χ0) is 19.1. The lowest BCUT2D eigenvalue weighted by molar-refractivity contribution is 0.397. The van der Waals surface area contributed by atoms with Crippen molar-refractivity contribution in [3.8, 4) is 16.3 Å². The van der Waals surface area contributed by atoms with Crippen molar-refractivity contribution in [2.75, 3.05) is 0 Å². The third-order valence-electron chi connectivity index (χ3n) is 4.45. The Balaban J connectivity index is 1.63. The number of benzene rings is 1. The fraction of sp³-hybridized carbons (Fsp3) is 0.278. The Kier molecular flexibility index (Phi) is 4.39. The first-order chi connectivity index (χ1) is 12.9. The largest absolute Gasteiger partial charge is 0.503 e. The van der Waals surface area contributed by atoms with E-state index in [1.165, 1.54) is 33.7 Å². The summed E-state index contributed by atoms with van der Waals surface area (Å²) in [7, 11) is 0. The highest BCUT2D eigenvalue weighted by Gasteiger charge is 2.23. The van der Waals surface area contributed by atoms with Crippen molar-refractivity contribution in [3.05, 3.63) is 67.9 Å². The van der Waals surface area contributed by atoms with Crippen LogP contribution in [-0.4, -0.2) is 19.2 Å². The molecule has 0 aliphatic heterocycles. The molecular weight excluding hydrogens is 376 g/mol. The zero-order valence-corrected chi connectivity index (χ0v) is 14.9. The van der Waals surface area contributed by atoms with E-state index < -0.39 is 23.1 Å². The summed E-state index contributed by atoms with van der Waals surface area (Å²) in [6, 6.07) is 3.52. The maximum absolute atomic E-state index is 14.1. The van der Waals surface area contributed by atoms with Gasteiger partial charge in [0.2, 0.25) is 0 Å². The molecule has 140 valence electrons. The molecule has 9 heteroatoms.